The Morgan fingerprint density at radius 1 is 1.28 bits per heavy atom. The molecule has 1 fully saturated rings. The van der Waals surface area contributed by atoms with E-state index < -0.39 is 0 Å². The third kappa shape index (κ3) is 2.83. The molecule has 2 aromatic heterocycles. The molecule has 2 aliphatic heterocycles. The molecule has 0 spiro atoms. The minimum absolute atomic E-state index is 0.0646. The predicted molar refractivity (Wildman–Crippen MR) is 94.2 cm³/mol. The number of nitrogens with zero attached hydrogens (tertiary/aromatic N) is 5. The van der Waals surface area contributed by atoms with Gasteiger partial charge in [-0.05, 0) is 37.3 Å². The number of hydrogen-bond acceptors (Lipinski definition) is 4. The Morgan fingerprint density at radius 3 is 2.84 bits per heavy atom. The number of aromatic nitrogens is 4. The summed E-state index contributed by atoms with van der Waals surface area (Å²) in [4.78, 5) is 19.6. The maximum absolute atomic E-state index is 13.2. The van der Waals surface area contributed by atoms with Gasteiger partial charge in [-0.2, -0.15) is 0 Å². The fourth-order valence-corrected chi connectivity index (χ4v) is 4.18. The lowest BCUT2D eigenvalue weighted by molar-refractivity contribution is 0.0658. The highest BCUT2D eigenvalue weighted by Crippen LogP contribution is 2.33. The van der Waals surface area contributed by atoms with Crippen LogP contribution in [0, 0.1) is 12.8 Å². The van der Waals surface area contributed by atoms with Crippen molar-refractivity contribution < 1.29 is 4.79 Å². The largest absolute Gasteiger partial charge is 0.329 e. The van der Waals surface area contributed by atoms with Gasteiger partial charge in [0.25, 0.3) is 5.91 Å². The molecule has 2 atom stereocenters. The van der Waals surface area contributed by atoms with Crippen LogP contribution in [0.25, 0.3) is 0 Å². The average Bonchev–Trinajstić information content (AvgIpc) is 3.06. The third-order valence-corrected chi connectivity index (χ3v) is 5.37. The van der Waals surface area contributed by atoms with Crippen LogP contribution in [0.2, 0.25) is 0 Å². The highest BCUT2D eigenvalue weighted by Gasteiger charge is 2.42. The number of amides is 1. The first-order chi connectivity index (χ1) is 12.0. The highest BCUT2D eigenvalue weighted by atomic mass is 16.2. The van der Waals surface area contributed by atoms with Gasteiger partial charge >= 0.3 is 0 Å². The number of rotatable bonds is 3. The van der Waals surface area contributed by atoms with Crippen molar-refractivity contribution in [2.45, 2.75) is 65.1 Å². The van der Waals surface area contributed by atoms with E-state index in [1.54, 1.807) is 6.20 Å². The molecular weight excluding hydrogens is 314 g/mol. The highest BCUT2D eigenvalue weighted by molar-refractivity contribution is 5.94. The molecule has 0 saturated carbocycles. The van der Waals surface area contributed by atoms with E-state index in [9.17, 15) is 4.79 Å². The Bertz CT molecular complexity index is 797. The zero-order valence-corrected chi connectivity index (χ0v) is 15.1. The van der Waals surface area contributed by atoms with Crippen molar-refractivity contribution in [3.8, 4) is 0 Å². The van der Waals surface area contributed by atoms with Gasteiger partial charge in [0, 0.05) is 31.6 Å². The summed E-state index contributed by atoms with van der Waals surface area (Å²) < 4.78 is 2.26. The molecule has 0 aliphatic carbocycles. The summed E-state index contributed by atoms with van der Waals surface area (Å²) in [6, 6.07) is 4.25. The molecule has 132 valence electrons. The van der Waals surface area contributed by atoms with Gasteiger partial charge in [0.05, 0.1) is 6.04 Å². The first-order valence-corrected chi connectivity index (χ1v) is 9.19. The molecule has 2 aliphatic rings. The predicted octanol–water partition coefficient (Wildman–Crippen LogP) is 2.41. The summed E-state index contributed by atoms with van der Waals surface area (Å²) >= 11 is 0. The van der Waals surface area contributed by atoms with Gasteiger partial charge < -0.3 is 9.47 Å². The SMILES string of the molecule is Cc1cccnc1C(=O)N1C2CCC1Cn1c(CC(C)C)nnc1C2. The van der Waals surface area contributed by atoms with E-state index in [0.29, 0.717) is 11.6 Å². The number of fused-ring (bicyclic) bond motifs is 3. The van der Waals surface area contributed by atoms with Crippen LogP contribution in [0.4, 0.5) is 0 Å². The Labute approximate surface area is 148 Å². The van der Waals surface area contributed by atoms with Crippen molar-refractivity contribution in [3.63, 3.8) is 0 Å². The Morgan fingerprint density at radius 2 is 2.08 bits per heavy atom. The number of carbonyl (C=O) groups is 1. The summed E-state index contributed by atoms with van der Waals surface area (Å²) in [6.45, 7) is 7.16. The Kier molecular flexibility index (Phi) is 4.06. The number of carbonyl (C=O) groups excluding carboxylic acids is 1. The molecule has 1 saturated heterocycles. The zero-order chi connectivity index (χ0) is 17.6. The lowest BCUT2D eigenvalue weighted by atomic mass is 10.1. The number of aryl methyl sites for hydroxylation is 1. The van der Waals surface area contributed by atoms with Gasteiger partial charge in [0.1, 0.15) is 17.3 Å². The summed E-state index contributed by atoms with van der Waals surface area (Å²) in [5, 5.41) is 8.85. The molecule has 2 unspecified atom stereocenters. The first-order valence-electron chi connectivity index (χ1n) is 9.19. The van der Waals surface area contributed by atoms with Crippen LogP contribution < -0.4 is 0 Å². The topological polar surface area (TPSA) is 63.9 Å². The Hall–Kier alpha value is -2.24. The quantitative estimate of drug-likeness (QED) is 0.861. The molecule has 4 rings (SSSR count). The van der Waals surface area contributed by atoms with Crippen molar-refractivity contribution in [1.29, 1.82) is 0 Å². The van der Waals surface area contributed by atoms with Crippen LogP contribution in [0.1, 0.15) is 54.4 Å². The molecule has 2 aromatic rings. The van der Waals surface area contributed by atoms with Gasteiger partial charge in [0.15, 0.2) is 0 Å². The maximum Gasteiger partial charge on any atom is 0.273 e. The van der Waals surface area contributed by atoms with Crippen molar-refractivity contribution in [3.05, 3.63) is 41.2 Å². The van der Waals surface area contributed by atoms with Crippen molar-refractivity contribution in [2.24, 2.45) is 5.92 Å². The number of hydrogen-bond donors (Lipinski definition) is 0. The van der Waals surface area contributed by atoms with Crippen molar-refractivity contribution >= 4 is 5.91 Å². The fraction of sp³-hybridized carbons (Fsp3) is 0.579. The minimum atomic E-state index is 0.0646. The molecule has 0 N–H and O–H groups in total. The molecule has 6 heteroatoms. The van der Waals surface area contributed by atoms with Crippen LogP contribution in [0.15, 0.2) is 18.3 Å². The van der Waals surface area contributed by atoms with Gasteiger partial charge in [-0.15, -0.1) is 10.2 Å². The van der Waals surface area contributed by atoms with Gasteiger partial charge in [-0.25, -0.2) is 0 Å². The smallest absolute Gasteiger partial charge is 0.273 e. The summed E-state index contributed by atoms with van der Waals surface area (Å²) in [6.07, 6.45) is 5.50. The average molecular weight is 339 g/mol. The van der Waals surface area contributed by atoms with Crippen LogP contribution in [0.3, 0.4) is 0 Å². The van der Waals surface area contributed by atoms with E-state index in [2.05, 4.69) is 38.5 Å². The van der Waals surface area contributed by atoms with E-state index in [4.69, 9.17) is 0 Å². The Balaban J connectivity index is 1.64. The standard InChI is InChI=1S/C19H25N5O/c1-12(2)9-16-21-22-17-10-14-6-7-15(11-23(16)17)24(14)19(25)18-13(3)5-4-8-20-18/h4-5,8,12,14-15H,6-7,9-11H2,1-3H3. The van der Waals surface area contributed by atoms with Gasteiger partial charge in [0.2, 0.25) is 0 Å². The molecule has 4 heterocycles. The van der Waals surface area contributed by atoms with Gasteiger partial charge in [-0.1, -0.05) is 19.9 Å². The second-order valence-corrected chi connectivity index (χ2v) is 7.71. The second-order valence-electron chi connectivity index (χ2n) is 7.71. The van der Waals surface area contributed by atoms with Crippen LogP contribution in [0.5, 0.6) is 0 Å². The summed E-state index contributed by atoms with van der Waals surface area (Å²) in [7, 11) is 0. The first kappa shape index (κ1) is 16.2. The minimum Gasteiger partial charge on any atom is -0.329 e. The van der Waals surface area contributed by atoms with Crippen molar-refractivity contribution in [1.82, 2.24) is 24.6 Å². The molecule has 6 nitrogen and oxygen atoms in total. The van der Waals surface area contributed by atoms with Crippen LogP contribution >= 0.6 is 0 Å². The second kappa shape index (κ2) is 6.24. The van der Waals surface area contributed by atoms with E-state index in [1.807, 2.05) is 19.1 Å². The maximum atomic E-state index is 13.2. The molecule has 1 amide bonds. The fourth-order valence-electron chi connectivity index (χ4n) is 4.18. The van der Waals surface area contributed by atoms with E-state index in [-0.39, 0.29) is 18.0 Å². The van der Waals surface area contributed by atoms with Crippen LogP contribution in [-0.4, -0.2) is 42.6 Å². The van der Waals surface area contributed by atoms with E-state index >= 15 is 0 Å². The van der Waals surface area contributed by atoms with Gasteiger partial charge in [-0.3, -0.25) is 9.78 Å². The number of pyridine rings is 1. The lowest BCUT2D eigenvalue weighted by Gasteiger charge is -2.28. The van der Waals surface area contributed by atoms with E-state index in [1.165, 1.54) is 0 Å². The molecule has 0 aromatic carbocycles. The normalized spacial score (nSPS) is 22.2. The zero-order valence-electron chi connectivity index (χ0n) is 15.1. The molecule has 25 heavy (non-hydrogen) atoms. The third-order valence-electron chi connectivity index (χ3n) is 5.37. The van der Waals surface area contributed by atoms with Crippen LogP contribution in [-0.2, 0) is 19.4 Å². The van der Waals surface area contributed by atoms with E-state index in [0.717, 1.165) is 49.4 Å². The summed E-state index contributed by atoms with van der Waals surface area (Å²) in [5.74, 6) is 2.69. The molecule has 2 bridgehead atoms. The monoisotopic (exact) mass is 339 g/mol. The summed E-state index contributed by atoms with van der Waals surface area (Å²) in [5.41, 5.74) is 1.52. The lowest BCUT2D eigenvalue weighted by Crippen LogP contribution is -2.42. The molecular formula is C19H25N5O. The molecule has 0 radical (unpaired) electrons. The van der Waals surface area contributed by atoms with Crippen molar-refractivity contribution in [2.75, 3.05) is 0 Å².